The van der Waals surface area contributed by atoms with Gasteiger partial charge < -0.3 is 10.3 Å². The summed E-state index contributed by atoms with van der Waals surface area (Å²) in [5.41, 5.74) is 8.51. The highest BCUT2D eigenvalue weighted by Crippen LogP contribution is 2.33. The SMILES string of the molecule is Cc1c(S(=O)(=O)c2ccc(F)cc2)c(N)n(CCc2ccccn2)c1C. The molecule has 0 fully saturated rings. The molecule has 0 bridgehead atoms. The first-order valence-electron chi connectivity index (χ1n) is 8.18. The highest BCUT2D eigenvalue weighted by molar-refractivity contribution is 7.91. The van der Waals surface area contributed by atoms with Crippen molar-refractivity contribution in [2.75, 3.05) is 5.73 Å². The third kappa shape index (κ3) is 3.22. The van der Waals surface area contributed by atoms with Crippen molar-refractivity contribution < 1.29 is 12.8 Å². The van der Waals surface area contributed by atoms with E-state index >= 15 is 0 Å². The molecule has 3 rings (SSSR count). The molecule has 0 spiro atoms. The normalized spacial score (nSPS) is 11.7. The molecule has 1 aromatic carbocycles. The van der Waals surface area contributed by atoms with Crippen LogP contribution in [0.1, 0.15) is 17.0 Å². The van der Waals surface area contributed by atoms with E-state index in [1.165, 1.54) is 12.1 Å². The molecule has 0 unspecified atom stereocenters. The fraction of sp³-hybridized carbons (Fsp3) is 0.211. The van der Waals surface area contributed by atoms with Gasteiger partial charge >= 0.3 is 0 Å². The summed E-state index contributed by atoms with van der Waals surface area (Å²) in [6.07, 6.45) is 2.35. The van der Waals surface area contributed by atoms with Crippen LogP contribution in [0.5, 0.6) is 0 Å². The molecule has 136 valence electrons. The van der Waals surface area contributed by atoms with Crippen LogP contribution in [0.4, 0.5) is 10.2 Å². The van der Waals surface area contributed by atoms with E-state index in [2.05, 4.69) is 4.98 Å². The van der Waals surface area contributed by atoms with Gasteiger partial charge in [0.2, 0.25) is 9.84 Å². The van der Waals surface area contributed by atoms with Crippen molar-refractivity contribution >= 4 is 15.7 Å². The Bertz CT molecular complexity index is 1030. The second-order valence-electron chi connectivity index (χ2n) is 6.10. The van der Waals surface area contributed by atoms with Gasteiger partial charge in [-0.15, -0.1) is 0 Å². The first kappa shape index (κ1) is 18.1. The summed E-state index contributed by atoms with van der Waals surface area (Å²) in [5, 5.41) is 0. The summed E-state index contributed by atoms with van der Waals surface area (Å²) in [6, 6.07) is 10.4. The van der Waals surface area contributed by atoms with Crippen molar-refractivity contribution in [1.82, 2.24) is 9.55 Å². The molecule has 2 aromatic heterocycles. The van der Waals surface area contributed by atoms with E-state index in [4.69, 9.17) is 5.73 Å². The molecule has 2 heterocycles. The number of nitrogens with zero attached hydrogens (tertiary/aromatic N) is 2. The predicted molar refractivity (Wildman–Crippen MR) is 98.1 cm³/mol. The maximum Gasteiger partial charge on any atom is 0.210 e. The molecule has 0 aliphatic rings. The fourth-order valence-electron chi connectivity index (χ4n) is 2.99. The Morgan fingerprint density at radius 1 is 1.12 bits per heavy atom. The first-order valence-corrected chi connectivity index (χ1v) is 9.66. The molecule has 0 saturated heterocycles. The lowest BCUT2D eigenvalue weighted by molar-refractivity contribution is 0.594. The minimum atomic E-state index is -3.83. The van der Waals surface area contributed by atoms with Crippen molar-refractivity contribution in [2.45, 2.75) is 36.6 Å². The van der Waals surface area contributed by atoms with Crippen molar-refractivity contribution in [3.8, 4) is 0 Å². The van der Waals surface area contributed by atoms with Crippen LogP contribution in [0.15, 0.2) is 58.5 Å². The van der Waals surface area contributed by atoms with Crippen LogP contribution in [-0.2, 0) is 22.8 Å². The largest absolute Gasteiger partial charge is 0.384 e. The second kappa shape index (κ2) is 6.92. The van der Waals surface area contributed by atoms with Crippen LogP contribution >= 0.6 is 0 Å². The van der Waals surface area contributed by atoms with Gasteiger partial charge in [-0.3, -0.25) is 4.98 Å². The van der Waals surface area contributed by atoms with Gasteiger partial charge in [0, 0.05) is 30.6 Å². The number of nitrogens with two attached hydrogens (primary N) is 1. The van der Waals surface area contributed by atoms with E-state index in [-0.39, 0.29) is 15.6 Å². The van der Waals surface area contributed by atoms with Gasteiger partial charge in [0.05, 0.1) is 4.90 Å². The molecule has 0 atom stereocenters. The second-order valence-corrected chi connectivity index (χ2v) is 7.99. The number of aromatic nitrogens is 2. The Balaban J connectivity index is 2.00. The lowest BCUT2D eigenvalue weighted by Crippen LogP contribution is -2.10. The molecule has 5 nitrogen and oxygen atoms in total. The van der Waals surface area contributed by atoms with Gasteiger partial charge in [0.15, 0.2) is 0 Å². The summed E-state index contributed by atoms with van der Waals surface area (Å²) in [4.78, 5) is 4.39. The van der Waals surface area contributed by atoms with E-state index < -0.39 is 15.7 Å². The van der Waals surface area contributed by atoms with Gasteiger partial charge in [0.1, 0.15) is 16.5 Å². The molecule has 26 heavy (non-hydrogen) atoms. The minimum Gasteiger partial charge on any atom is -0.384 e. The lowest BCUT2D eigenvalue weighted by atomic mass is 10.2. The highest BCUT2D eigenvalue weighted by Gasteiger charge is 2.28. The van der Waals surface area contributed by atoms with Gasteiger partial charge in [-0.05, 0) is 55.8 Å². The van der Waals surface area contributed by atoms with Crippen molar-refractivity contribution in [1.29, 1.82) is 0 Å². The molecule has 0 saturated carbocycles. The van der Waals surface area contributed by atoms with Gasteiger partial charge in [-0.25, -0.2) is 12.8 Å². The third-order valence-electron chi connectivity index (χ3n) is 4.52. The van der Waals surface area contributed by atoms with Gasteiger partial charge in [-0.2, -0.15) is 0 Å². The first-order chi connectivity index (χ1) is 12.3. The number of hydrogen-bond acceptors (Lipinski definition) is 4. The summed E-state index contributed by atoms with van der Waals surface area (Å²) in [6.45, 7) is 4.10. The number of benzene rings is 1. The summed E-state index contributed by atoms with van der Waals surface area (Å²) >= 11 is 0. The van der Waals surface area contributed by atoms with Crippen LogP contribution in [0.2, 0.25) is 0 Å². The van der Waals surface area contributed by atoms with Crippen molar-refractivity contribution in [2.24, 2.45) is 0 Å². The molecule has 0 radical (unpaired) electrons. The molecule has 2 N–H and O–H groups in total. The zero-order valence-corrected chi connectivity index (χ0v) is 15.4. The Labute approximate surface area is 152 Å². The van der Waals surface area contributed by atoms with Crippen molar-refractivity contribution in [3.63, 3.8) is 0 Å². The summed E-state index contributed by atoms with van der Waals surface area (Å²) in [5.74, 6) is -0.294. The van der Waals surface area contributed by atoms with E-state index in [0.717, 1.165) is 23.5 Å². The van der Waals surface area contributed by atoms with Crippen LogP contribution in [0.3, 0.4) is 0 Å². The molecule has 0 aliphatic heterocycles. The van der Waals surface area contributed by atoms with Crippen LogP contribution in [0.25, 0.3) is 0 Å². The number of sulfone groups is 1. The quantitative estimate of drug-likeness (QED) is 0.696. The van der Waals surface area contributed by atoms with Crippen LogP contribution in [-0.4, -0.2) is 18.0 Å². The molecule has 3 aromatic rings. The number of anilines is 1. The van der Waals surface area contributed by atoms with Crippen molar-refractivity contribution in [3.05, 3.63) is 71.4 Å². The van der Waals surface area contributed by atoms with E-state index in [1.54, 1.807) is 17.7 Å². The summed E-state index contributed by atoms with van der Waals surface area (Å²) in [7, 11) is -3.83. The zero-order chi connectivity index (χ0) is 18.9. The van der Waals surface area contributed by atoms with Crippen LogP contribution in [0, 0.1) is 19.7 Å². The number of pyridine rings is 1. The fourth-order valence-corrected chi connectivity index (χ4v) is 4.66. The highest BCUT2D eigenvalue weighted by atomic mass is 32.2. The van der Waals surface area contributed by atoms with Gasteiger partial charge in [0.25, 0.3) is 0 Å². The number of rotatable bonds is 5. The monoisotopic (exact) mass is 373 g/mol. The van der Waals surface area contributed by atoms with E-state index in [0.29, 0.717) is 18.5 Å². The molecular weight excluding hydrogens is 353 g/mol. The molecule has 0 amide bonds. The molecule has 0 aliphatic carbocycles. The lowest BCUT2D eigenvalue weighted by Gasteiger charge is -2.09. The number of nitrogen functional groups attached to an aromatic ring is 1. The summed E-state index contributed by atoms with van der Waals surface area (Å²) < 4.78 is 40.9. The Morgan fingerprint density at radius 2 is 1.81 bits per heavy atom. The van der Waals surface area contributed by atoms with E-state index in [1.807, 2.05) is 25.1 Å². The standard InChI is InChI=1S/C19H20FN3O2S/c1-13-14(2)23(12-10-16-5-3-4-11-22-16)19(21)18(13)26(24,25)17-8-6-15(20)7-9-17/h3-9,11H,10,12,21H2,1-2H3. The van der Waals surface area contributed by atoms with E-state index in [9.17, 15) is 12.8 Å². The smallest absolute Gasteiger partial charge is 0.210 e. The number of halogens is 1. The Kier molecular flexibility index (Phi) is 4.82. The number of hydrogen-bond donors (Lipinski definition) is 1. The molecule has 7 heteroatoms. The predicted octanol–water partition coefficient (Wildman–Crippen LogP) is 3.30. The average Bonchev–Trinajstić information content (AvgIpc) is 2.84. The molecular formula is C19H20FN3O2S. The van der Waals surface area contributed by atoms with Gasteiger partial charge in [-0.1, -0.05) is 6.07 Å². The maximum absolute atomic E-state index is 13.1. The average molecular weight is 373 g/mol. The Hall–Kier alpha value is -2.67. The van der Waals surface area contributed by atoms with Crippen LogP contribution < -0.4 is 5.73 Å². The third-order valence-corrected chi connectivity index (χ3v) is 6.47. The minimum absolute atomic E-state index is 0.0237. The Morgan fingerprint density at radius 3 is 2.42 bits per heavy atom. The topological polar surface area (TPSA) is 78.0 Å². The maximum atomic E-state index is 13.1. The zero-order valence-electron chi connectivity index (χ0n) is 14.6. The number of aryl methyl sites for hydroxylation is 1.